The summed E-state index contributed by atoms with van der Waals surface area (Å²) in [6.07, 6.45) is 25.6. The van der Waals surface area contributed by atoms with Crippen LogP contribution in [0, 0.1) is 23.7 Å². The molecule has 0 amide bonds. The van der Waals surface area contributed by atoms with E-state index in [1.54, 1.807) is 0 Å². The van der Waals surface area contributed by atoms with Crippen LogP contribution in [0.2, 0.25) is 0 Å². The fourth-order valence-electron chi connectivity index (χ4n) is 6.41. The Morgan fingerprint density at radius 1 is 0.625 bits per heavy atom. The van der Waals surface area contributed by atoms with Gasteiger partial charge in [0.25, 0.3) is 0 Å². The van der Waals surface area contributed by atoms with Crippen molar-refractivity contribution in [2.45, 2.75) is 129 Å². The number of benzene rings is 1. The molecular weight excluding hydrogens is 388 g/mol. The Balaban J connectivity index is 1.26. The van der Waals surface area contributed by atoms with Gasteiger partial charge in [0.15, 0.2) is 0 Å². The maximum absolute atomic E-state index is 5.93. The van der Waals surface area contributed by atoms with Gasteiger partial charge in [-0.05, 0) is 86.3 Å². The molecule has 2 fully saturated rings. The molecular formula is C31H52O. The molecule has 0 spiro atoms. The van der Waals surface area contributed by atoms with Gasteiger partial charge in [-0.25, -0.2) is 0 Å². The van der Waals surface area contributed by atoms with Gasteiger partial charge in [0.1, 0.15) is 5.75 Å². The maximum atomic E-state index is 5.93. The average molecular weight is 441 g/mol. The second kappa shape index (κ2) is 15.0. The molecule has 0 aromatic heterocycles. The van der Waals surface area contributed by atoms with Crippen LogP contribution >= 0.6 is 0 Å². The molecule has 1 aromatic rings. The molecule has 182 valence electrons. The minimum absolute atomic E-state index is 0.868. The van der Waals surface area contributed by atoms with Gasteiger partial charge >= 0.3 is 0 Å². The second-order valence-corrected chi connectivity index (χ2v) is 11.1. The minimum Gasteiger partial charge on any atom is -0.494 e. The normalized spacial score (nSPS) is 26.2. The third kappa shape index (κ3) is 9.11. The van der Waals surface area contributed by atoms with E-state index in [4.69, 9.17) is 4.74 Å². The molecule has 0 aliphatic heterocycles. The first-order valence-corrected chi connectivity index (χ1v) is 14.5. The summed E-state index contributed by atoms with van der Waals surface area (Å²) >= 11 is 0. The number of hydrogen-bond donors (Lipinski definition) is 0. The zero-order chi connectivity index (χ0) is 22.4. The van der Waals surface area contributed by atoms with Crippen molar-refractivity contribution in [2.24, 2.45) is 23.7 Å². The topological polar surface area (TPSA) is 9.23 Å². The summed E-state index contributed by atoms with van der Waals surface area (Å²) in [7, 11) is 0. The highest BCUT2D eigenvalue weighted by atomic mass is 16.5. The van der Waals surface area contributed by atoms with Gasteiger partial charge in [0.2, 0.25) is 0 Å². The highest BCUT2D eigenvalue weighted by Crippen LogP contribution is 2.43. The lowest BCUT2D eigenvalue weighted by Crippen LogP contribution is -2.26. The summed E-state index contributed by atoms with van der Waals surface area (Å²) in [5.74, 6) is 5.19. The van der Waals surface area contributed by atoms with Crippen LogP contribution in [-0.4, -0.2) is 6.61 Å². The van der Waals surface area contributed by atoms with Gasteiger partial charge in [0.05, 0.1) is 6.61 Å². The molecule has 0 unspecified atom stereocenters. The molecule has 0 bridgehead atoms. The third-order valence-corrected chi connectivity index (χ3v) is 8.70. The van der Waals surface area contributed by atoms with Gasteiger partial charge in [0, 0.05) is 0 Å². The molecule has 0 atom stereocenters. The Morgan fingerprint density at radius 3 is 1.78 bits per heavy atom. The number of ether oxygens (including phenoxy) is 1. The van der Waals surface area contributed by atoms with Crippen LogP contribution in [0.5, 0.6) is 5.75 Å². The van der Waals surface area contributed by atoms with Crippen molar-refractivity contribution < 1.29 is 4.74 Å². The first kappa shape index (κ1) is 25.6. The van der Waals surface area contributed by atoms with E-state index in [2.05, 4.69) is 38.1 Å². The van der Waals surface area contributed by atoms with Crippen LogP contribution in [-0.2, 0) is 6.42 Å². The quantitative estimate of drug-likeness (QED) is 0.261. The Labute approximate surface area is 200 Å². The van der Waals surface area contributed by atoms with E-state index in [0.29, 0.717) is 0 Å². The van der Waals surface area contributed by atoms with Crippen molar-refractivity contribution in [1.82, 2.24) is 0 Å². The summed E-state index contributed by atoms with van der Waals surface area (Å²) in [6.45, 7) is 5.47. The number of hydrogen-bond acceptors (Lipinski definition) is 1. The standard InChI is InChI=1S/C31H52O/c1-3-5-7-8-9-25-32-31-23-17-28(18-24-31)12-11-27-15-21-30(22-16-27)29-19-13-26(14-20-29)10-6-4-2/h17-18,23-24,26-27,29-30H,3-16,19-22,25H2,1-2H3/t26-,27-,29-,30-. The Morgan fingerprint density at radius 2 is 1.19 bits per heavy atom. The van der Waals surface area contributed by atoms with Crippen LogP contribution in [0.4, 0.5) is 0 Å². The van der Waals surface area contributed by atoms with Gasteiger partial charge in [-0.3, -0.25) is 0 Å². The summed E-state index contributed by atoms with van der Waals surface area (Å²) in [5, 5.41) is 0. The first-order chi connectivity index (χ1) is 15.8. The Bertz CT molecular complexity index is 575. The van der Waals surface area contributed by atoms with Crippen LogP contribution in [0.25, 0.3) is 0 Å². The van der Waals surface area contributed by atoms with Crippen LogP contribution < -0.4 is 4.74 Å². The summed E-state index contributed by atoms with van der Waals surface area (Å²) in [4.78, 5) is 0. The van der Waals surface area contributed by atoms with E-state index in [0.717, 1.165) is 36.0 Å². The molecule has 1 heteroatoms. The summed E-state index contributed by atoms with van der Waals surface area (Å²) in [6, 6.07) is 8.98. The highest BCUT2D eigenvalue weighted by Gasteiger charge is 2.30. The molecule has 0 heterocycles. The van der Waals surface area contributed by atoms with Crippen molar-refractivity contribution in [3.8, 4) is 5.75 Å². The lowest BCUT2D eigenvalue weighted by atomic mass is 9.68. The Hall–Kier alpha value is -0.980. The SMILES string of the molecule is CCCCCCCOc1ccc(CC[C@H]2CC[C@H]([C@H]3CC[C@H](CCCC)CC3)CC2)cc1. The van der Waals surface area contributed by atoms with E-state index in [9.17, 15) is 0 Å². The van der Waals surface area contributed by atoms with Gasteiger partial charge in [-0.1, -0.05) is 96.6 Å². The molecule has 0 saturated heterocycles. The zero-order valence-corrected chi connectivity index (χ0v) is 21.5. The smallest absolute Gasteiger partial charge is 0.119 e. The number of rotatable bonds is 14. The van der Waals surface area contributed by atoms with Crippen molar-refractivity contribution in [3.63, 3.8) is 0 Å². The molecule has 3 rings (SSSR count). The highest BCUT2D eigenvalue weighted by molar-refractivity contribution is 5.27. The molecule has 0 radical (unpaired) electrons. The summed E-state index contributed by atoms with van der Waals surface area (Å²) < 4.78 is 5.93. The second-order valence-electron chi connectivity index (χ2n) is 11.1. The fourth-order valence-corrected chi connectivity index (χ4v) is 6.41. The van der Waals surface area contributed by atoms with Crippen molar-refractivity contribution >= 4 is 0 Å². The zero-order valence-electron chi connectivity index (χ0n) is 21.5. The van der Waals surface area contributed by atoms with Crippen molar-refractivity contribution in [3.05, 3.63) is 29.8 Å². The fraction of sp³-hybridized carbons (Fsp3) is 0.806. The molecule has 32 heavy (non-hydrogen) atoms. The van der Waals surface area contributed by atoms with Gasteiger partial charge in [-0.2, -0.15) is 0 Å². The van der Waals surface area contributed by atoms with Crippen LogP contribution in [0.15, 0.2) is 24.3 Å². The molecule has 2 saturated carbocycles. The molecule has 2 aliphatic carbocycles. The first-order valence-electron chi connectivity index (χ1n) is 14.5. The predicted molar refractivity (Wildman–Crippen MR) is 139 cm³/mol. The van der Waals surface area contributed by atoms with E-state index in [1.165, 1.54) is 121 Å². The van der Waals surface area contributed by atoms with E-state index in [-0.39, 0.29) is 0 Å². The van der Waals surface area contributed by atoms with Crippen molar-refractivity contribution in [1.29, 1.82) is 0 Å². The lowest BCUT2D eigenvalue weighted by Gasteiger charge is -2.38. The van der Waals surface area contributed by atoms with E-state index >= 15 is 0 Å². The molecule has 1 nitrogen and oxygen atoms in total. The Kier molecular flexibility index (Phi) is 12.0. The molecule has 1 aromatic carbocycles. The van der Waals surface area contributed by atoms with Gasteiger partial charge in [-0.15, -0.1) is 0 Å². The number of aryl methyl sites for hydroxylation is 1. The monoisotopic (exact) mass is 440 g/mol. The summed E-state index contributed by atoms with van der Waals surface area (Å²) in [5.41, 5.74) is 1.49. The van der Waals surface area contributed by atoms with Crippen molar-refractivity contribution in [2.75, 3.05) is 6.61 Å². The largest absolute Gasteiger partial charge is 0.494 e. The van der Waals surface area contributed by atoms with Gasteiger partial charge < -0.3 is 4.74 Å². The molecule has 0 N–H and O–H groups in total. The minimum atomic E-state index is 0.868. The number of unbranched alkanes of at least 4 members (excludes halogenated alkanes) is 5. The lowest BCUT2D eigenvalue weighted by molar-refractivity contribution is 0.140. The third-order valence-electron chi connectivity index (χ3n) is 8.70. The molecule has 2 aliphatic rings. The maximum Gasteiger partial charge on any atom is 0.119 e. The van der Waals surface area contributed by atoms with Crippen LogP contribution in [0.3, 0.4) is 0 Å². The average Bonchev–Trinajstić information content (AvgIpc) is 2.85. The van der Waals surface area contributed by atoms with E-state index in [1.807, 2.05) is 0 Å². The van der Waals surface area contributed by atoms with E-state index < -0.39 is 0 Å². The van der Waals surface area contributed by atoms with Crippen LogP contribution in [0.1, 0.15) is 129 Å². The predicted octanol–water partition coefficient (Wildman–Crippen LogP) is 9.77.